The second-order valence-electron chi connectivity index (χ2n) is 7.64. The fourth-order valence-corrected chi connectivity index (χ4v) is 3.17. The number of hydrogen-bond acceptors (Lipinski definition) is 6. The van der Waals surface area contributed by atoms with E-state index < -0.39 is 0 Å². The van der Waals surface area contributed by atoms with Crippen molar-refractivity contribution in [3.8, 4) is 29.1 Å². The third-order valence-electron chi connectivity index (χ3n) is 4.98. The van der Waals surface area contributed by atoms with Gasteiger partial charge in [0.25, 0.3) is 0 Å². The van der Waals surface area contributed by atoms with E-state index in [4.69, 9.17) is 24.2 Å². The lowest BCUT2D eigenvalue weighted by Gasteiger charge is -2.24. The van der Waals surface area contributed by atoms with E-state index >= 15 is 0 Å². The Bertz CT molecular complexity index is 815. The van der Waals surface area contributed by atoms with Crippen molar-refractivity contribution in [2.75, 3.05) is 33.9 Å². The minimum absolute atomic E-state index is 0.0908. The summed E-state index contributed by atoms with van der Waals surface area (Å²) in [5.41, 5.74) is 0.925. The minimum atomic E-state index is 0.0908. The summed E-state index contributed by atoms with van der Waals surface area (Å²) in [5, 5.41) is 12.3. The van der Waals surface area contributed by atoms with E-state index in [1.54, 1.807) is 14.2 Å². The van der Waals surface area contributed by atoms with Crippen LogP contribution in [0.5, 0.6) is 23.0 Å². The highest BCUT2D eigenvalue weighted by molar-refractivity contribution is 5.43. The summed E-state index contributed by atoms with van der Waals surface area (Å²) in [4.78, 5) is 0. The second kappa shape index (κ2) is 13.4. The molecule has 0 aliphatic rings. The first-order valence-electron chi connectivity index (χ1n) is 10.8. The first-order chi connectivity index (χ1) is 15.1. The molecular weight excluding hydrogens is 392 g/mol. The van der Waals surface area contributed by atoms with Gasteiger partial charge < -0.3 is 24.3 Å². The monoisotopic (exact) mass is 426 g/mol. The van der Waals surface area contributed by atoms with E-state index in [1.165, 1.54) is 0 Å². The normalized spacial score (nSPS) is 11.6. The first kappa shape index (κ1) is 24.4. The van der Waals surface area contributed by atoms with Gasteiger partial charge in [0.1, 0.15) is 24.2 Å². The van der Waals surface area contributed by atoms with Gasteiger partial charge in [-0.15, -0.1) is 0 Å². The van der Waals surface area contributed by atoms with Gasteiger partial charge in [0.05, 0.1) is 26.7 Å². The van der Waals surface area contributed by atoms with E-state index in [1.807, 2.05) is 42.5 Å². The molecule has 0 spiro atoms. The molecule has 6 nitrogen and oxygen atoms in total. The lowest BCUT2D eigenvalue weighted by molar-refractivity contribution is 0.134. The molecule has 1 N–H and O–H groups in total. The average molecular weight is 427 g/mol. The van der Waals surface area contributed by atoms with E-state index in [0.717, 1.165) is 48.7 Å². The molecule has 0 heterocycles. The van der Waals surface area contributed by atoms with Gasteiger partial charge in [-0.05, 0) is 67.3 Å². The number of nitriles is 1. The maximum absolute atomic E-state index is 8.88. The predicted octanol–water partition coefficient (Wildman–Crippen LogP) is 4.62. The Morgan fingerprint density at radius 2 is 1.68 bits per heavy atom. The number of nitrogens with one attached hydrogen (secondary N) is 1. The molecule has 0 bridgehead atoms. The molecule has 0 aliphatic heterocycles. The Hall–Kier alpha value is -2.91. The largest absolute Gasteiger partial charge is 0.497 e. The molecule has 1 atom stereocenters. The molecule has 0 saturated carbocycles. The number of hydrogen-bond donors (Lipinski definition) is 1. The Balaban J connectivity index is 1.72. The Morgan fingerprint density at radius 1 is 0.935 bits per heavy atom. The zero-order valence-electron chi connectivity index (χ0n) is 19.0. The van der Waals surface area contributed by atoms with Crippen molar-refractivity contribution < 1.29 is 18.9 Å². The Morgan fingerprint density at radius 3 is 2.32 bits per heavy atom. The fourth-order valence-electron chi connectivity index (χ4n) is 3.17. The molecule has 0 aromatic heterocycles. The van der Waals surface area contributed by atoms with Gasteiger partial charge >= 0.3 is 0 Å². The highest BCUT2D eigenvalue weighted by Gasteiger charge is 2.17. The summed E-state index contributed by atoms with van der Waals surface area (Å²) in [5.74, 6) is 3.44. The van der Waals surface area contributed by atoms with Crippen molar-refractivity contribution in [2.45, 2.75) is 39.2 Å². The van der Waals surface area contributed by atoms with Gasteiger partial charge in [-0.2, -0.15) is 5.26 Å². The maximum Gasteiger partial charge on any atom is 0.161 e. The molecule has 6 heteroatoms. The molecule has 1 unspecified atom stereocenters. The molecule has 0 amide bonds. The van der Waals surface area contributed by atoms with E-state index in [9.17, 15) is 0 Å². The second-order valence-corrected chi connectivity index (χ2v) is 7.64. The molecule has 2 rings (SSSR count). The van der Waals surface area contributed by atoms with Crippen LogP contribution in [0.1, 0.15) is 32.3 Å². The summed E-state index contributed by atoms with van der Waals surface area (Å²) in [6.07, 6.45) is 2.39. The van der Waals surface area contributed by atoms with Crippen LogP contribution in [0.3, 0.4) is 0 Å². The molecule has 0 aliphatic carbocycles. The molecule has 2 aromatic carbocycles. The van der Waals surface area contributed by atoms with Crippen LogP contribution >= 0.6 is 0 Å². The predicted molar refractivity (Wildman–Crippen MR) is 122 cm³/mol. The van der Waals surface area contributed by atoms with Gasteiger partial charge in [-0.25, -0.2) is 0 Å². The minimum Gasteiger partial charge on any atom is -0.497 e. The smallest absolute Gasteiger partial charge is 0.161 e. The number of benzene rings is 2. The van der Waals surface area contributed by atoms with E-state index in [0.29, 0.717) is 24.7 Å². The van der Waals surface area contributed by atoms with Crippen LogP contribution in [0.15, 0.2) is 42.5 Å². The van der Waals surface area contributed by atoms with Crippen molar-refractivity contribution >= 4 is 0 Å². The van der Waals surface area contributed by atoms with Crippen LogP contribution in [-0.2, 0) is 6.42 Å². The van der Waals surface area contributed by atoms with Gasteiger partial charge in [0, 0.05) is 6.54 Å². The van der Waals surface area contributed by atoms with Gasteiger partial charge in [-0.1, -0.05) is 19.9 Å². The van der Waals surface area contributed by atoms with Crippen molar-refractivity contribution in [3.05, 3.63) is 48.0 Å². The SMILES string of the molecule is COc1ccc(OCCNCCCC(Oc2ccc(CC#N)cc2OC)C(C)C)cc1. The first-order valence-corrected chi connectivity index (χ1v) is 10.8. The van der Waals surface area contributed by atoms with Crippen LogP contribution in [-0.4, -0.2) is 40.0 Å². The van der Waals surface area contributed by atoms with Crippen molar-refractivity contribution in [2.24, 2.45) is 5.92 Å². The molecular formula is C25H34N2O4. The highest BCUT2D eigenvalue weighted by Crippen LogP contribution is 2.31. The average Bonchev–Trinajstić information content (AvgIpc) is 2.78. The third-order valence-corrected chi connectivity index (χ3v) is 4.98. The summed E-state index contributed by atoms with van der Waals surface area (Å²) < 4.78 is 22.6. The highest BCUT2D eigenvalue weighted by atomic mass is 16.5. The standard InChI is InChI=1S/C25H34N2O4/c1-19(2)23(31-24-12-7-20(13-14-26)18-25(24)29-4)6-5-15-27-16-17-30-22-10-8-21(28-3)9-11-22/h7-12,18-19,23,27H,5-6,13,15-17H2,1-4H3. The lowest BCUT2D eigenvalue weighted by Crippen LogP contribution is -2.27. The zero-order valence-corrected chi connectivity index (χ0v) is 19.0. The summed E-state index contributed by atoms with van der Waals surface area (Å²) in [6, 6.07) is 15.4. The van der Waals surface area contributed by atoms with Gasteiger partial charge in [0.15, 0.2) is 11.5 Å². The van der Waals surface area contributed by atoms with Crippen LogP contribution in [0.4, 0.5) is 0 Å². The number of nitrogens with zero attached hydrogens (tertiary/aromatic N) is 1. The molecule has 2 aromatic rings. The quantitative estimate of drug-likeness (QED) is 0.444. The van der Waals surface area contributed by atoms with Crippen LogP contribution < -0.4 is 24.3 Å². The third kappa shape index (κ3) is 8.39. The van der Waals surface area contributed by atoms with Gasteiger partial charge in [-0.3, -0.25) is 0 Å². The fraction of sp³-hybridized carbons (Fsp3) is 0.480. The lowest BCUT2D eigenvalue weighted by atomic mass is 10.0. The maximum atomic E-state index is 8.88. The van der Waals surface area contributed by atoms with Crippen molar-refractivity contribution in [1.29, 1.82) is 5.26 Å². The molecule has 0 fully saturated rings. The van der Waals surface area contributed by atoms with E-state index in [2.05, 4.69) is 25.2 Å². The summed E-state index contributed by atoms with van der Waals surface area (Å²) in [6.45, 7) is 6.63. The van der Waals surface area contributed by atoms with Crippen molar-refractivity contribution in [3.63, 3.8) is 0 Å². The zero-order chi connectivity index (χ0) is 22.5. The molecule has 31 heavy (non-hydrogen) atoms. The van der Waals surface area contributed by atoms with Crippen LogP contribution in [0.25, 0.3) is 0 Å². The number of ether oxygens (including phenoxy) is 4. The number of rotatable bonds is 14. The summed E-state index contributed by atoms with van der Waals surface area (Å²) in [7, 11) is 3.28. The Labute approximate surface area is 186 Å². The topological polar surface area (TPSA) is 72.7 Å². The summed E-state index contributed by atoms with van der Waals surface area (Å²) >= 11 is 0. The Kier molecular flexibility index (Phi) is 10.5. The van der Waals surface area contributed by atoms with Gasteiger partial charge in [0.2, 0.25) is 0 Å². The van der Waals surface area contributed by atoms with Crippen molar-refractivity contribution in [1.82, 2.24) is 5.32 Å². The molecule has 0 radical (unpaired) electrons. The van der Waals surface area contributed by atoms with E-state index in [-0.39, 0.29) is 6.10 Å². The van der Waals surface area contributed by atoms with Crippen LogP contribution in [0, 0.1) is 17.2 Å². The van der Waals surface area contributed by atoms with Crippen LogP contribution in [0.2, 0.25) is 0 Å². The molecule has 168 valence electrons. The number of methoxy groups -OCH3 is 2. The molecule has 0 saturated heterocycles.